The van der Waals surface area contributed by atoms with Crippen LogP contribution in [0.15, 0.2) is 24.3 Å². The second kappa shape index (κ2) is 7.59. The maximum Gasteiger partial charge on any atom is 0.341 e. The molecule has 5 nitrogen and oxygen atoms in total. The zero-order valence-corrected chi connectivity index (χ0v) is 15.0. The highest BCUT2D eigenvalue weighted by Crippen LogP contribution is 2.33. The Bertz CT molecular complexity index is 813. The molecule has 2 aromatic rings. The van der Waals surface area contributed by atoms with Crippen LogP contribution in [-0.4, -0.2) is 24.3 Å². The molecule has 0 bridgehead atoms. The van der Waals surface area contributed by atoms with Crippen LogP contribution >= 0.6 is 22.9 Å². The molecule has 0 saturated heterocycles. The summed E-state index contributed by atoms with van der Waals surface area (Å²) in [5, 5.41) is 3.35. The standard InChI is InChI=1S/C17H16ClNO4S/c1-9-10(2)24-16(19-11(3)20)15(9)17(22)23-8-14(21)12-6-4-5-7-13(12)18/h4-7H,8H2,1-3H3,(H,19,20). The number of benzene rings is 1. The second-order valence-electron chi connectivity index (χ2n) is 5.15. The van der Waals surface area contributed by atoms with E-state index in [0.717, 1.165) is 10.4 Å². The normalized spacial score (nSPS) is 10.3. The highest BCUT2D eigenvalue weighted by molar-refractivity contribution is 7.16. The van der Waals surface area contributed by atoms with E-state index in [9.17, 15) is 14.4 Å². The molecule has 2 rings (SSSR count). The molecule has 24 heavy (non-hydrogen) atoms. The molecule has 0 radical (unpaired) electrons. The van der Waals surface area contributed by atoms with Gasteiger partial charge >= 0.3 is 5.97 Å². The molecule has 0 saturated carbocycles. The van der Waals surface area contributed by atoms with Gasteiger partial charge in [0.1, 0.15) is 5.00 Å². The number of aryl methyl sites for hydroxylation is 1. The van der Waals surface area contributed by atoms with Gasteiger partial charge in [0, 0.05) is 17.4 Å². The molecular weight excluding hydrogens is 350 g/mol. The Hall–Kier alpha value is -2.18. The molecule has 1 aromatic carbocycles. The summed E-state index contributed by atoms with van der Waals surface area (Å²) < 4.78 is 5.12. The minimum Gasteiger partial charge on any atom is -0.454 e. The summed E-state index contributed by atoms with van der Waals surface area (Å²) in [6.07, 6.45) is 0. The minimum atomic E-state index is -0.652. The zero-order chi connectivity index (χ0) is 17.9. The van der Waals surface area contributed by atoms with E-state index in [1.54, 1.807) is 31.2 Å². The van der Waals surface area contributed by atoms with Gasteiger partial charge < -0.3 is 10.1 Å². The van der Waals surface area contributed by atoms with Gasteiger partial charge in [-0.25, -0.2) is 4.79 Å². The first-order valence-corrected chi connectivity index (χ1v) is 8.33. The van der Waals surface area contributed by atoms with E-state index in [-0.39, 0.29) is 17.3 Å². The molecule has 0 atom stereocenters. The van der Waals surface area contributed by atoms with Crippen molar-refractivity contribution in [1.82, 2.24) is 0 Å². The molecule has 1 N–H and O–H groups in total. The number of ether oxygens (including phenoxy) is 1. The molecule has 7 heteroatoms. The van der Waals surface area contributed by atoms with Crippen molar-refractivity contribution in [3.8, 4) is 0 Å². The van der Waals surface area contributed by atoms with Gasteiger partial charge in [0.25, 0.3) is 0 Å². The lowest BCUT2D eigenvalue weighted by Crippen LogP contribution is -2.16. The Morgan fingerprint density at radius 3 is 2.50 bits per heavy atom. The van der Waals surface area contributed by atoms with E-state index in [2.05, 4.69) is 5.32 Å². The number of Topliss-reactive ketones (excluding diaryl/α,β-unsaturated/α-hetero) is 1. The summed E-state index contributed by atoms with van der Waals surface area (Å²) >= 11 is 7.25. The number of carbonyl (C=O) groups is 3. The van der Waals surface area contributed by atoms with Gasteiger partial charge in [-0.3, -0.25) is 9.59 Å². The molecule has 0 aliphatic heterocycles. The highest BCUT2D eigenvalue weighted by Gasteiger charge is 2.22. The number of nitrogens with one attached hydrogen (secondary N) is 1. The number of carbonyl (C=O) groups excluding carboxylic acids is 3. The third kappa shape index (κ3) is 4.01. The largest absolute Gasteiger partial charge is 0.454 e. The number of esters is 1. The number of thiophene rings is 1. The third-order valence-corrected chi connectivity index (χ3v) is 4.84. The Morgan fingerprint density at radius 1 is 1.21 bits per heavy atom. The molecule has 1 aromatic heterocycles. The van der Waals surface area contributed by atoms with Crippen LogP contribution in [0.25, 0.3) is 0 Å². The fraction of sp³-hybridized carbons (Fsp3) is 0.235. The number of amides is 1. The highest BCUT2D eigenvalue weighted by atomic mass is 35.5. The molecule has 0 fully saturated rings. The van der Waals surface area contributed by atoms with Crippen molar-refractivity contribution in [2.75, 3.05) is 11.9 Å². The molecular formula is C17H16ClNO4S. The van der Waals surface area contributed by atoms with Crippen LogP contribution in [0.2, 0.25) is 5.02 Å². The summed E-state index contributed by atoms with van der Waals surface area (Å²) in [7, 11) is 0. The van der Waals surface area contributed by atoms with Crippen molar-refractivity contribution in [2.24, 2.45) is 0 Å². The average Bonchev–Trinajstić information content (AvgIpc) is 2.78. The fourth-order valence-corrected chi connectivity index (χ4v) is 3.42. The third-order valence-electron chi connectivity index (χ3n) is 3.39. The first-order chi connectivity index (χ1) is 11.3. The van der Waals surface area contributed by atoms with Gasteiger partial charge in [-0.15, -0.1) is 11.3 Å². The van der Waals surface area contributed by atoms with E-state index >= 15 is 0 Å². The lowest BCUT2D eigenvalue weighted by Gasteiger charge is -2.08. The molecule has 126 valence electrons. The van der Waals surface area contributed by atoms with Crippen molar-refractivity contribution >= 4 is 45.6 Å². The van der Waals surface area contributed by atoms with E-state index in [0.29, 0.717) is 15.6 Å². The van der Waals surface area contributed by atoms with Crippen LogP contribution in [0.1, 0.15) is 38.1 Å². The van der Waals surface area contributed by atoms with E-state index in [1.807, 2.05) is 6.92 Å². The van der Waals surface area contributed by atoms with Crippen molar-refractivity contribution in [1.29, 1.82) is 0 Å². The number of hydrogen-bond acceptors (Lipinski definition) is 5. The number of halogens is 1. The van der Waals surface area contributed by atoms with Gasteiger partial charge in [-0.1, -0.05) is 23.7 Å². The van der Waals surface area contributed by atoms with Crippen LogP contribution in [0.5, 0.6) is 0 Å². The minimum absolute atomic E-state index is 0.277. The summed E-state index contributed by atoms with van der Waals surface area (Å²) in [6, 6.07) is 6.56. The lowest BCUT2D eigenvalue weighted by atomic mass is 10.1. The van der Waals surface area contributed by atoms with Crippen LogP contribution in [0.3, 0.4) is 0 Å². The summed E-state index contributed by atoms with van der Waals surface area (Å²) in [5.41, 5.74) is 1.30. The summed E-state index contributed by atoms with van der Waals surface area (Å²) in [4.78, 5) is 36.6. The predicted molar refractivity (Wildman–Crippen MR) is 94.2 cm³/mol. The quantitative estimate of drug-likeness (QED) is 0.641. The van der Waals surface area contributed by atoms with E-state index < -0.39 is 12.6 Å². The molecule has 1 heterocycles. The molecule has 1 amide bonds. The Labute approximate surface area is 148 Å². The van der Waals surface area contributed by atoms with Gasteiger partial charge in [0.05, 0.1) is 10.6 Å². The van der Waals surface area contributed by atoms with Gasteiger partial charge in [0.2, 0.25) is 11.7 Å². The predicted octanol–water partition coefficient (Wildman–Crippen LogP) is 4.02. The molecule has 0 aliphatic carbocycles. The van der Waals surface area contributed by atoms with Gasteiger partial charge in [-0.05, 0) is 31.5 Å². The zero-order valence-electron chi connectivity index (χ0n) is 13.4. The average molecular weight is 366 g/mol. The van der Waals surface area contributed by atoms with Crippen molar-refractivity contribution in [3.05, 3.63) is 50.9 Å². The van der Waals surface area contributed by atoms with E-state index in [1.165, 1.54) is 18.3 Å². The van der Waals surface area contributed by atoms with Crippen LogP contribution in [0, 0.1) is 13.8 Å². The number of hydrogen-bond donors (Lipinski definition) is 1. The second-order valence-corrected chi connectivity index (χ2v) is 6.78. The Kier molecular flexibility index (Phi) is 5.75. The SMILES string of the molecule is CC(=O)Nc1sc(C)c(C)c1C(=O)OCC(=O)c1ccccc1Cl. The van der Waals surface area contributed by atoms with Crippen molar-refractivity contribution in [2.45, 2.75) is 20.8 Å². The monoisotopic (exact) mass is 365 g/mol. The maximum absolute atomic E-state index is 12.3. The van der Waals surface area contributed by atoms with Crippen LogP contribution in [0.4, 0.5) is 5.00 Å². The smallest absolute Gasteiger partial charge is 0.341 e. The maximum atomic E-state index is 12.3. The first kappa shape index (κ1) is 18.2. The van der Waals surface area contributed by atoms with Crippen LogP contribution < -0.4 is 5.32 Å². The molecule has 0 aliphatic rings. The molecule has 0 spiro atoms. The lowest BCUT2D eigenvalue weighted by molar-refractivity contribution is -0.114. The summed E-state index contributed by atoms with van der Waals surface area (Å²) in [5.74, 6) is -1.32. The van der Waals surface area contributed by atoms with Gasteiger partial charge in [-0.2, -0.15) is 0 Å². The topological polar surface area (TPSA) is 72.5 Å². The van der Waals surface area contributed by atoms with Gasteiger partial charge in [0.15, 0.2) is 6.61 Å². The van der Waals surface area contributed by atoms with Crippen molar-refractivity contribution in [3.63, 3.8) is 0 Å². The number of anilines is 1. The Morgan fingerprint density at radius 2 is 1.88 bits per heavy atom. The van der Waals surface area contributed by atoms with E-state index in [4.69, 9.17) is 16.3 Å². The Balaban J connectivity index is 2.14. The fourth-order valence-electron chi connectivity index (χ4n) is 2.09. The summed E-state index contributed by atoms with van der Waals surface area (Å²) in [6.45, 7) is 4.55. The number of rotatable bonds is 5. The molecule has 0 unspecified atom stereocenters. The first-order valence-electron chi connectivity index (χ1n) is 7.13. The number of ketones is 1. The van der Waals surface area contributed by atoms with Crippen LogP contribution in [-0.2, 0) is 9.53 Å². The van der Waals surface area contributed by atoms with Crippen molar-refractivity contribution < 1.29 is 19.1 Å².